The molecule has 0 spiro atoms. The van der Waals surface area contributed by atoms with Gasteiger partial charge in [-0.3, -0.25) is 4.79 Å². The van der Waals surface area contributed by atoms with Crippen LogP contribution < -0.4 is 20.3 Å². The third-order valence-corrected chi connectivity index (χ3v) is 6.87. The molecule has 2 aliphatic heterocycles. The van der Waals surface area contributed by atoms with Crippen LogP contribution in [0.1, 0.15) is 43.4 Å². The van der Waals surface area contributed by atoms with Gasteiger partial charge >= 0.3 is 6.18 Å². The molecule has 4 rings (SSSR count). The minimum absolute atomic E-state index is 0.0296. The predicted octanol–water partition coefficient (Wildman–Crippen LogP) is 3.98. The Morgan fingerprint density at radius 2 is 2.06 bits per heavy atom. The summed E-state index contributed by atoms with van der Waals surface area (Å²) in [6, 6.07) is 3.86. The largest absolute Gasteiger partial charge is 0.495 e. The van der Waals surface area contributed by atoms with Crippen LogP contribution in [0.2, 0.25) is 0 Å². The minimum atomic E-state index is -4.63. The van der Waals surface area contributed by atoms with Gasteiger partial charge < -0.3 is 25.2 Å². The maximum atomic E-state index is 13.9. The van der Waals surface area contributed by atoms with Crippen molar-refractivity contribution in [2.24, 2.45) is 5.92 Å². The zero-order valence-corrected chi connectivity index (χ0v) is 20.9. The molecular weight excluding hydrogens is 473 g/mol. The standard InChI is InChI=1S/C25H33F3N6O2/c1-4-33(5-2)23(35)17-7-6-10-34(15-17)22-19(25(26,27)28)14-30-24(32-22)31-20-11-18-13-29-9-8-16(18)12-21(20)36-3/h11-12,14,17,29H,4-10,13,15H2,1-3H3,(H,30,31,32). The van der Waals surface area contributed by atoms with Gasteiger partial charge in [0.25, 0.3) is 0 Å². The first-order valence-corrected chi connectivity index (χ1v) is 12.4. The van der Waals surface area contributed by atoms with E-state index in [1.54, 1.807) is 16.9 Å². The summed E-state index contributed by atoms with van der Waals surface area (Å²) in [5, 5.41) is 6.37. The number of anilines is 3. The second-order valence-corrected chi connectivity index (χ2v) is 9.10. The second kappa shape index (κ2) is 10.9. The fourth-order valence-corrected chi connectivity index (χ4v) is 4.94. The van der Waals surface area contributed by atoms with Gasteiger partial charge in [-0.25, -0.2) is 4.98 Å². The monoisotopic (exact) mass is 506 g/mol. The molecule has 1 aromatic carbocycles. The van der Waals surface area contributed by atoms with Gasteiger partial charge in [0.2, 0.25) is 11.9 Å². The third kappa shape index (κ3) is 5.50. The number of ether oxygens (including phenoxy) is 1. The molecular formula is C25H33F3N6O2. The number of hydrogen-bond acceptors (Lipinski definition) is 7. The average molecular weight is 507 g/mol. The Bertz CT molecular complexity index is 1090. The molecule has 8 nitrogen and oxygen atoms in total. The summed E-state index contributed by atoms with van der Waals surface area (Å²) >= 11 is 0. The molecule has 1 fully saturated rings. The number of fused-ring (bicyclic) bond motifs is 1. The zero-order chi connectivity index (χ0) is 25.9. The molecule has 3 heterocycles. The molecule has 0 saturated carbocycles. The Kier molecular flexibility index (Phi) is 7.87. The van der Waals surface area contributed by atoms with Crippen LogP contribution in [-0.4, -0.2) is 60.6 Å². The lowest BCUT2D eigenvalue weighted by atomic mass is 9.96. The number of alkyl halides is 3. The van der Waals surface area contributed by atoms with Crippen LogP contribution >= 0.6 is 0 Å². The van der Waals surface area contributed by atoms with E-state index in [4.69, 9.17) is 4.74 Å². The topological polar surface area (TPSA) is 82.6 Å². The fourth-order valence-electron chi connectivity index (χ4n) is 4.94. The second-order valence-electron chi connectivity index (χ2n) is 9.10. The molecule has 2 N–H and O–H groups in total. The average Bonchev–Trinajstić information content (AvgIpc) is 2.88. The highest BCUT2D eigenvalue weighted by molar-refractivity contribution is 5.80. The highest BCUT2D eigenvalue weighted by atomic mass is 19.4. The van der Waals surface area contributed by atoms with Crippen LogP contribution in [0.5, 0.6) is 5.75 Å². The highest BCUT2D eigenvalue weighted by Gasteiger charge is 2.39. The van der Waals surface area contributed by atoms with Crippen molar-refractivity contribution in [2.45, 2.75) is 45.8 Å². The van der Waals surface area contributed by atoms with Gasteiger partial charge in [-0.1, -0.05) is 0 Å². The first-order chi connectivity index (χ1) is 17.2. The van der Waals surface area contributed by atoms with Crippen LogP contribution in [0.3, 0.4) is 0 Å². The van der Waals surface area contributed by atoms with E-state index in [2.05, 4.69) is 20.6 Å². The zero-order valence-electron chi connectivity index (χ0n) is 20.9. The Morgan fingerprint density at radius 3 is 2.75 bits per heavy atom. The van der Waals surface area contributed by atoms with Crippen molar-refractivity contribution in [3.05, 3.63) is 35.0 Å². The molecule has 11 heteroatoms. The summed E-state index contributed by atoms with van der Waals surface area (Å²) in [6.07, 6.45) is -1.70. The summed E-state index contributed by atoms with van der Waals surface area (Å²) < 4.78 is 47.3. The lowest BCUT2D eigenvalue weighted by Crippen LogP contribution is -2.45. The molecule has 0 aliphatic carbocycles. The molecule has 0 radical (unpaired) electrons. The number of carbonyl (C=O) groups is 1. The summed E-state index contributed by atoms with van der Waals surface area (Å²) in [4.78, 5) is 24.5. The first-order valence-electron chi connectivity index (χ1n) is 12.4. The van der Waals surface area contributed by atoms with Crippen molar-refractivity contribution in [2.75, 3.05) is 50.1 Å². The van der Waals surface area contributed by atoms with Gasteiger partial charge in [0.05, 0.1) is 18.7 Å². The number of benzene rings is 1. The molecule has 196 valence electrons. The Balaban J connectivity index is 1.65. The van der Waals surface area contributed by atoms with Crippen LogP contribution in [-0.2, 0) is 23.9 Å². The minimum Gasteiger partial charge on any atom is -0.495 e. The summed E-state index contributed by atoms with van der Waals surface area (Å²) in [5.41, 5.74) is 1.93. The SMILES string of the molecule is CCN(CC)C(=O)C1CCCN(c2nc(Nc3cc4c(cc3OC)CCNC4)ncc2C(F)(F)F)C1. The molecule has 0 bridgehead atoms. The van der Waals surface area contributed by atoms with Crippen molar-refractivity contribution < 1.29 is 22.7 Å². The Labute approximate surface area is 209 Å². The van der Waals surface area contributed by atoms with E-state index in [-0.39, 0.29) is 30.1 Å². The van der Waals surface area contributed by atoms with Gasteiger partial charge in [0.15, 0.2) is 0 Å². The number of carbonyl (C=O) groups excluding carboxylic acids is 1. The lowest BCUT2D eigenvalue weighted by Gasteiger charge is -2.36. The molecule has 1 amide bonds. The van der Waals surface area contributed by atoms with E-state index in [1.165, 1.54) is 5.56 Å². The highest BCUT2D eigenvalue weighted by Crippen LogP contribution is 2.38. The number of nitrogens with zero attached hydrogens (tertiary/aromatic N) is 4. The number of rotatable bonds is 7. The molecule has 2 aromatic rings. The van der Waals surface area contributed by atoms with E-state index in [1.807, 2.05) is 26.0 Å². The van der Waals surface area contributed by atoms with E-state index in [0.717, 1.165) is 24.7 Å². The number of piperidine rings is 1. The molecule has 36 heavy (non-hydrogen) atoms. The summed E-state index contributed by atoms with van der Waals surface area (Å²) in [5.74, 6) is -0.00572. The van der Waals surface area contributed by atoms with Gasteiger partial charge in [-0.15, -0.1) is 0 Å². The Morgan fingerprint density at radius 1 is 1.28 bits per heavy atom. The first kappa shape index (κ1) is 26.0. The van der Waals surface area contributed by atoms with Crippen LogP contribution in [0.25, 0.3) is 0 Å². The van der Waals surface area contributed by atoms with Crippen molar-refractivity contribution in [3.63, 3.8) is 0 Å². The van der Waals surface area contributed by atoms with Crippen LogP contribution in [0.15, 0.2) is 18.3 Å². The fraction of sp³-hybridized carbons (Fsp3) is 0.560. The van der Waals surface area contributed by atoms with Crippen molar-refractivity contribution >= 4 is 23.4 Å². The predicted molar refractivity (Wildman–Crippen MR) is 132 cm³/mol. The van der Waals surface area contributed by atoms with E-state index >= 15 is 0 Å². The molecule has 1 saturated heterocycles. The molecule has 1 unspecified atom stereocenters. The number of halogens is 3. The van der Waals surface area contributed by atoms with Gasteiger partial charge in [-0.05, 0) is 62.9 Å². The maximum absolute atomic E-state index is 13.9. The van der Waals surface area contributed by atoms with Gasteiger partial charge in [-0.2, -0.15) is 18.2 Å². The number of methoxy groups -OCH3 is 1. The number of amides is 1. The van der Waals surface area contributed by atoms with E-state index in [9.17, 15) is 18.0 Å². The summed E-state index contributed by atoms with van der Waals surface area (Å²) in [6.45, 7) is 7.08. The molecule has 2 aliphatic rings. The van der Waals surface area contributed by atoms with Gasteiger partial charge in [0, 0.05) is 38.9 Å². The molecule has 1 aromatic heterocycles. The number of aromatic nitrogens is 2. The van der Waals surface area contributed by atoms with Crippen molar-refractivity contribution in [1.82, 2.24) is 20.2 Å². The van der Waals surface area contributed by atoms with Crippen LogP contribution in [0, 0.1) is 5.92 Å². The normalized spacial score (nSPS) is 17.9. The molecule has 1 atom stereocenters. The van der Waals surface area contributed by atoms with Crippen molar-refractivity contribution in [1.29, 1.82) is 0 Å². The number of nitrogens with one attached hydrogen (secondary N) is 2. The maximum Gasteiger partial charge on any atom is 0.421 e. The number of hydrogen-bond donors (Lipinski definition) is 2. The quantitative estimate of drug-likeness (QED) is 0.588. The van der Waals surface area contributed by atoms with E-state index < -0.39 is 11.7 Å². The Hall–Kier alpha value is -3.08. The third-order valence-electron chi connectivity index (χ3n) is 6.87. The van der Waals surface area contributed by atoms with Gasteiger partial charge in [0.1, 0.15) is 17.1 Å². The van der Waals surface area contributed by atoms with Crippen LogP contribution in [0.4, 0.5) is 30.6 Å². The van der Waals surface area contributed by atoms with Crippen molar-refractivity contribution in [3.8, 4) is 5.75 Å². The lowest BCUT2D eigenvalue weighted by molar-refractivity contribution is -0.137. The smallest absolute Gasteiger partial charge is 0.421 e. The summed E-state index contributed by atoms with van der Waals surface area (Å²) in [7, 11) is 1.55. The van der Waals surface area contributed by atoms with E-state index in [0.29, 0.717) is 50.5 Å².